The van der Waals surface area contributed by atoms with Crippen molar-refractivity contribution in [3.05, 3.63) is 28.2 Å². The van der Waals surface area contributed by atoms with E-state index in [2.05, 4.69) is 15.9 Å². The molecule has 0 saturated carbocycles. The molecule has 0 radical (unpaired) electrons. The third-order valence-corrected chi connectivity index (χ3v) is 4.75. The number of nitrogens with two attached hydrogens (primary N) is 1. The van der Waals surface area contributed by atoms with E-state index in [0.29, 0.717) is 0 Å². The Labute approximate surface area is 129 Å². The highest BCUT2D eigenvalue weighted by atomic mass is 79.9. The molecule has 2 rings (SSSR count). The number of hydrogen-bond donors (Lipinski definition) is 1. The summed E-state index contributed by atoms with van der Waals surface area (Å²) in [5.74, 6) is 0.424. The fraction of sp³-hybridized carbons (Fsp3) is 0.571. The van der Waals surface area contributed by atoms with Crippen LogP contribution in [0.2, 0.25) is 0 Å². The van der Waals surface area contributed by atoms with Gasteiger partial charge in [0.2, 0.25) is 0 Å². The van der Waals surface area contributed by atoms with Crippen LogP contribution in [0.15, 0.2) is 22.7 Å². The highest BCUT2D eigenvalue weighted by Gasteiger charge is 2.53. The maximum absolute atomic E-state index is 6.29. The quantitative estimate of drug-likeness (QED) is 0.858. The number of benzene rings is 1. The highest BCUT2D eigenvalue weighted by Crippen LogP contribution is 2.40. The van der Waals surface area contributed by atoms with Crippen LogP contribution in [0.3, 0.4) is 0 Å². The molecule has 1 aliphatic rings. The van der Waals surface area contributed by atoms with E-state index in [0.717, 1.165) is 15.8 Å². The smallest absolute Gasteiger partial charge is 0.480 e. The Morgan fingerprint density at radius 2 is 1.75 bits per heavy atom. The average Bonchev–Trinajstić information content (AvgIpc) is 2.57. The lowest BCUT2D eigenvalue weighted by atomic mass is 9.75. The molecule has 1 fully saturated rings. The van der Waals surface area contributed by atoms with Gasteiger partial charge in [-0.1, -0.05) is 6.07 Å². The minimum absolute atomic E-state index is 0.349. The summed E-state index contributed by atoms with van der Waals surface area (Å²) in [7, 11) is 1.17. The zero-order chi connectivity index (χ0) is 15.1. The van der Waals surface area contributed by atoms with Crippen LogP contribution in [0, 0.1) is 0 Å². The van der Waals surface area contributed by atoms with Gasteiger partial charge in [-0.15, -0.1) is 0 Å². The molecule has 0 spiro atoms. The molecule has 1 aromatic carbocycles. The summed E-state index contributed by atoms with van der Waals surface area (Å²) in [6.07, 6.45) is 0. The largest absolute Gasteiger partial charge is 0.496 e. The van der Waals surface area contributed by atoms with Gasteiger partial charge in [-0.3, -0.25) is 0 Å². The van der Waals surface area contributed by atoms with Gasteiger partial charge in [0.15, 0.2) is 0 Å². The topological polar surface area (TPSA) is 53.7 Å². The number of ether oxygens (including phenoxy) is 1. The highest BCUT2D eigenvalue weighted by molar-refractivity contribution is 9.10. The first-order valence-corrected chi connectivity index (χ1v) is 7.42. The second kappa shape index (κ2) is 5.33. The second-order valence-corrected chi connectivity index (χ2v) is 6.90. The predicted octanol–water partition coefficient (Wildman–Crippen LogP) is 3.09. The van der Waals surface area contributed by atoms with Crippen LogP contribution in [0.4, 0.5) is 0 Å². The van der Waals surface area contributed by atoms with Gasteiger partial charge < -0.3 is 19.8 Å². The summed E-state index contributed by atoms with van der Waals surface area (Å²) >= 11 is 3.47. The first-order chi connectivity index (χ1) is 9.18. The molecule has 1 aromatic rings. The summed E-state index contributed by atoms with van der Waals surface area (Å²) in [6, 6.07) is 5.75. The van der Waals surface area contributed by atoms with Gasteiger partial charge in [-0.2, -0.15) is 0 Å². The fourth-order valence-corrected chi connectivity index (χ4v) is 2.64. The first-order valence-electron chi connectivity index (χ1n) is 6.62. The molecule has 110 valence electrons. The molecule has 0 aliphatic carbocycles. The fourth-order valence-electron chi connectivity index (χ4n) is 2.08. The van der Waals surface area contributed by atoms with Gasteiger partial charge in [0.1, 0.15) is 5.75 Å². The normalized spacial score (nSPS) is 21.9. The van der Waals surface area contributed by atoms with E-state index in [4.69, 9.17) is 19.8 Å². The minimum atomic E-state index is -0.458. The zero-order valence-corrected chi connectivity index (χ0v) is 14.2. The molecule has 1 atom stereocenters. The summed E-state index contributed by atoms with van der Waals surface area (Å²) in [6.45, 7) is 8.07. The first kappa shape index (κ1) is 15.8. The van der Waals surface area contributed by atoms with E-state index in [1.54, 1.807) is 7.11 Å². The van der Waals surface area contributed by atoms with Crippen LogP contribution >= 0.6 is 15.9 Å². The van der Waals surface area contributed by atoms with Crippen molar-refractivity contribution >= 4 is 23.0 Å². The van der Waals surface area contributed by atoms with Crippen LogP contribution in [-0.4, -0.2) is 25.4 Å². The minimum Gasteiger partial charge on any atom is -0.496 e. The third-order valence-electron chi connectivity index (χ3n) is 4.13. The molecule has 1 saturated heterocycles. The Balaban J connectivity index is 2.21. The standard InChI is InChI=1S/C14H21BBrNO3/c1-13(2)14(3,4)20-15(19-13)12(17)9-6-7-11(18-5)10(16)8-9/h6-8,12H,17H2,1-5H3/t12-/m1/s1. The van der Waals surface area contributed by atoms with Gasteiger partial charge >= 0.3 is 7.12 Å². The maximum atomic E-state index is 6.29. The van der Waals surface area contributed by atoms with Crippen molar-refractivity contribution in [3.8, 4) is 5.75 Å². The van der Waals surface area contributed by atoms with Crippen LogP contribution in [0.1, 0.15) is 39.2 Å². The van der Waals surface area contributed by atoms with Crippen LogP contribution in [0.25, 0.3) is 0 Å². The molecule has 0 unspecified atom stereocenters. The van der Waals surface area contributed by atoms with Gasteiger partial charge in [0.25, 0.3) is 0 Å². The molecule has 4 nitrogen and oxygen atoms in total. The molecule has 0 amide bonds. The lowest BCUT2D eigenvalue weighted by Gasteiger charge is -2.32. The molecular formula is C14H21BBrNO3. The Kier molecular flexibility index (Phi) is 4.22. The third kappa shape index (κ3) is 2.75. The molecule has 20 heavy (non-hydrogen) atoms. The Morgan fingerprint density at radius 1 is 1.20 bits per heavy atom. The number of methoxy groups -OCH3 is 1. The maximum Gasteiger partial charge on any atom is 0.480 e. The summed E-state index contributed by atoms with van der Waals surface area (Å²) in [5.41, 5.74) is 6.48. The molecule has 1 heterocycles. The van der Waals surface area contributed by atoms with Crippen molar-refractivity contribution < 1.29 is 14.0 Å². The lowest BCUT2D eigenvalue weighted by molar-refractivity contribution is 0.00578. The van der Waals surface area contributed by atoms with Crippen molar-refractivity contribution in [2.24, 2.45) is 5.73 Å². The zero-order valence-electron chi connectivity index (χ0n) is 12.6. The Bertz CT molecular complexity index is 491. The molecule has 0 bridgehead atoms. The van der Waals surface area contributed by atoms with Crippen LogP contribution < -0.4 is 10.5 Å². The van der Waals surface area contributed by atoms with Crippen molar-refractivity contribution in [1.29, 1.82) is 0 Å². The monoisotopic (exact) mass is 341 g/mol. The van der Waals surface area contributed by atoms with Gasteiger partial charge in [-0.05, 0) is 61.3 Å². The SMILES string of the molecule is COc1ccc([C@@H](N)B2OC(C)(C)C(C)(C)O2)cc1Br. The van der Waals surface area contributed by atoms with Crippen molar-refractivity contribution in [1.82, 2.24) is 0 Å². The molecule has 1 aliphatic heterocycles. The molecule has 6 heteroatoms. The van der Waals surface area contributed by atoms with Gasteiger partial charge in [-0.25, -0.2) is 0 Å². The predicted molar refractivity (Wildman–Crippen MR) is 83.7 cm³/mol. The summed E-state index contributed by atoms with van der Waals surface area (Å²) < 4.78 is 18.1. The van der Waals surface area contributed by atoms with E-state index < -0.39 is 7.12 Å². The average molecular weight is 342 g/mol. The number of rotatable bonds is 3. The van der Waals surface area contributed by atoms with Crippen LogP contribution in [0.5, 0.6) is 5.75 Å². The molecular weight excluding hydrogens is 321 g/mol. The Morgan fingerprint density at radius 3 is 2.20 bits per heavy atom. The second-order valence-electron chi connectivity index (χ2n) is 6.04. The Hall–Kier alpha value is -0.555. The van der Waals surface area contributed by atoms with E-state index in [9.17, 15) is 0 Å². The van der Waals surface area contributed by atoms with Crippen LogP contribution in [-0.2, 0) is 9.31 Å². The van der Waals surface area contributed by atoms with Gasteiger partial charge in [0, 0.05) is 0 Å². The van der Waals surface area contributed by atoms with E-state index in [1.165, 1.54) is 0 Å². The van der Waals surface area contributed by atoms with Gasteiger partial charge in [0.05, 0.1) is 28.7 Å². The van der Waals surface area contributed by atoms with Crippen molar-refractivity contribution in [3.63, 3.8) is 0 Å². The van der Waals surface area contributed by atoms with E-state index >= 15 is 0 Å². The molecule has 0 aromatic heterocycles. The summed E-state index contributed by atoms with van der Waals surface area (Å²) in [5, 5.41) is 0. The van der Waals surface area contributed by atoms with E-state index in [1.807, 2.05) is 45.9 Å². The molecule has 2 N–H and O–H groups in total. The van der Waals surface area contributed by atoms with Crippen molar-refractivity contribution in [2.45, 2.75) is 44.8 Å². The van der Waals surface area contributed by atoms with Crippen molar-refractivity contribution in [2.75, 3.05) is 7.11 Å². The number of hydrogen-bond acceptors (Lipinski definition) is 4. The number of halogens is 1. The summed E-state index contributed by atoms with van der Waals surface area (Å²) in [4.78, 5) is 0. The van der Waals surface area contributed by atoms with E-state index in [-0.39, 0.29) is 17.1 Å². The lowest BCUT2D eigenvalue weighted by Crippen LogP contribution is -2.41.